The van der Waals surface area contributed by atoms with Crippen LogP contribution >= 0.6 is 15.9 Å². The number of hydrogen-bond acceptors (Lipinski definition) is 3. The van der Waals surface area contributed by atoms with Crippen molar-refractivity contribution in [1.82, 2.24) is 0 Å². The fourth-order valence-electron chi connectivity index (χ4n) is 3.26. The molecule has 0 saturated heterocycles. The summed E-state index contributed by atoms with van der Waals surface area (Å²) in [6.45, 7) is 12.0. The highest BCUT2D eigenvalue weighted by Gasteiger charge is 2.34. The van der Waals surface area contributed by atoms with Crippen LogP contribution in [-0.4, -0.2) is 24.2 Å². The molecule has 6 heteroatoms. The summed E-state index contributed by atoms with van der Waals surface area (Å²) in [7, 11) is -3.22. The van der Waals surface area contributed by atoms with Crippen LogP contribution in [0.25, 0.3) is 0 Å². The third kappa shape index (κ3) is 7.26. The zero-order chi connectivity index (χ0) is 22.5. The normalized spacial score (nSPS) is 15.0. The molecule has 0 aliphatic rings. The number of rotatable bonds is 10. The van der Waals surface area contributed by atoms with Crippen LogP contribution in [-0.2, 0) is 21.6 Å². The van der Waals surface area contributed by atoms with Crippen LogP contribution in [0.4, 0.5) is 0 Å². The molecule has 2 rings (SSSR count). The van der Waals surface area contributed by atoms with Gasteiger partial charge in [-0.2, -0.15) is 0 Å². The average molecular weight is 512 g/mol. The highest BCUT2D eigenvalue weighted by molar-refractivity contribution is 9.11. The molecule has 164 valence electrons. The number of allylic oxidation sites excluding steroid dienone is 1. The van der Waals surface area contributed by atoms with E-state index in [1.807, 2.05) is 38.1 Å². The highest BCUT2D eigenvalue weighted by atomic mass is 79.9. The summed E-state index contributed by atoms with van der Waals surface area (Å²) in [4.78, 5) is 1.16. The molecule has 0 spiro atoms. The minimum absolute atomic E-state index is 0.0805. The molecular formula is C24H31BrO3S2. The second-order valence-electron chi connectivity index (χ2n) is 8.55. The molecule has 0 aliphatic heterocycles. The first kappa shape index (κ1) is 25.2. The van der Waals surface area contributed by atoms with Gasteiger partial charge in [-0.05, 0) is 67.3 Å². The van der Waals surface area contributed by atoms with Gasteiger partial charge in [0.15, 0.2) is 0 Å². The third-order valence-corrected chi connectivity index (χ3v) is 9.30. The quantitative estimate of drug-likeness (QED) is 0.425. The minimum Gasteiger partial charge on any atom is -0.391 e. The molecule has 0 fully saturated rings. The Balaban J connectivity index is 2.31. The van der Waals surface area contributed by atoms with Crippen LogP contribution in [0, 0.1) is 19.3 Å². The molecule has 0 aromatic heterocycles. The van der Waals surface area contributed by atoms with E-state index >= 15 is 0 Å². The topological polar surface area (TPSA) is 54.4 Å². The van der Waals surface area contributed by atoms with Gasteiger partial charge in [0.1, 0.15) is 4.58 Å². The van der Waals surface area contributed by atoms with Gasteiger partial charge in [0.2, 0.25) is 0 Å². The van der Waals surface area contributed by atoms with Gasteiger partial charge in [-0.3, -0.25) is 8.42 Å². The predicted molar refractivity (Wildman–Crippen MR) is 131 cm³/mol. The van der Waals surface area contributed by atoms with Crippen molar-refractivity contribution in [2.75, 3.05) is 0 Å². The maximum atomic E-state index is 13.4. The van der Waals surface area contributed by atoms with Gasteiger partial charge in [-0.1, -0.05) is 71.7 Å². The van der Waals surface area contributed by atoms with Crippen molar-refractivity contribution in [3.05, 3.63) is 70.7 Å². The molecule has 0 aliphatic carbocycles. The maximum absolute atomic E-state index is 13.4. The van der Waals surface area contributed by atoms with Crippen LogP contribution in [0.3, 0.4) is 0 Å². The number of aliphatic hydroxyl groups excluding tert-OH is 1. The van der Waals surface area contributed by atoms with Crippen LogP contribution in [0.2, 0.25) is 0 Å². The predicted octanol–water partition coefficient (Wildman–Crippen LogP) is 6.01. The number of aryl methyl sites for hydroxylation is 2. The van der Waals surface area contributed by atoms with Gasteiger partial charge in [0, 0.05) is 9.79 Å². The van der Waals surface area contributed by atoms with Crippen LogP contribution in [0.5, 0.6) is 0 Å². The lowest BCUT2D eigenvalue weighted by molar-refractivity contribution is 0.155. The van der Waals surface area contributed by atoms with E-state index in [0.29, 0.717) is 22.6 Å². The minimum atomic E-state index is -1.61. The number of halogens is 1. The monoisotopic (exact) mass is 510 g/mol. The smallest absolute Gasteiger partial charge is 0.145 e. The molecule has 0 radical (unpaired) electrons. The van der Waals surface area contributed by atoms with Gasteiger partial charge in [-0.25, -0.2) is 0 Å². The third-order valence-electron chi connectivity index (χ3n) is 5.03. The van der Waals surface area contributed by atoms with Crippen molar-refractivity contribution >= 4 is 37.5 Å². The molecule has 0 bridgehead atoms. The van der Waals surface area contributed by atoms with Gasteiger partial charge >= 0.3 is 0 Å². The first-order chi connectivity index (χ1) is 14.0. The largest absolute Gasteiger partial charge is 0.391 e. The molecule has 0 unspecified atom stereocenters. The van der Waals surface area contributed by atoms with Crippen LogP contribution in [0.15, 0.2) is 69.4 Å². The summed E-state index contributed by atoms with van der Waals surface area (Å²) >= 11 is 3.41. The Morgan fingerprint density at radius 3 is 1.73 bits per heavy atom. The zero-order valence-corrected chi connectivity index (χ0v) is 21.3. The van der Waals surface area contributed by atoms with Crippen LogP contribution < -0.4 is 0 Å². The van der Waals surface area contributed by atoms with Gasteiger partial charge < -0.3 is 5.11 Å². The first-order valence-electron chi connectivity index (χ1n) is 9.96. The molecule has 0 saturated carbocycles. The summed E-state index contributed by atoms with van der Waals surface area (Å²) < 4.78 is 26.8. The molecule has 3 atom stereocenters. The molecule has 0 amide bonds. The van der Waals surface area contributed by atoms with E-state index in [9.17, 15) is 13.5 Å². The van der Waals surface area contributed by atoms with E-state index in [0.717, 1.165) is 22.0 Å². The lowest BCUT2D eigenvalue weighted by Gasteiger charge is -2.28. The second kappa shape index (κ2) is 11.0. The van der Waals surface area contributed by atoms with Crippen molar-refractivity contribution in [3.63, 3.8) is 0 Å². The Labute approximate surface area is 194 Å². The van der Waals surface area contributed by atoms with E-state index in [4.69, 9.17) is 0 Å². The summed E-state index contributed by atoms with van der Waals surface area (Å²) in [6.07, 6.45) is 0.919. The Bertz CT molecular complexity index is 848. The standard InChI is InChI=1S/C24H31BrO3S2/c1-17-6-10-20(11-7-17)29(27)23(30(28)21-12-8-18(2)9-13-21)22(26)14-15-24(4,5)16-19(3)25/h6-13,22-23,26H,3,14-16H2,1-2,4-5H3/t22-,29+,30+/m1/s1. The van der Waals surface area contributed by atoms with Crippen molar-refractivity contribution in [1.29, 1.82) is 0 Å². The molecule has 30 heavy (non-hydrogen) atoms. The average Bonchev–Trinajstić information content (AvgIpc) is 2.66. The first-order valence-corrected chi connectivity index (χ1v) is 13.2. The Morgan fingerprint density at radius 2 is 1.37 bits per heavy atom. The van der Waals surface area contributed by atoms with E-state index in [2.05, 4.69) is 36.4 Å². The number of aliphatic hydroxyl groups is 1. The summed E-state index contributed by atoms with van der Waals surface area (Å²) in [5.74, 6) is 0. The van der Waals surface area contributed by atoms with E-state index in [1.165, 1.54) is 0 Å². The van der Waals surface area contributed by atoms with Crippen molar-refractivity contribution < 1.29 is 13.5 Å². The van der Waals surface area contributed by atoms with E-state index < -0.39 is 32.3 Å². The molecule has 2 aromatic rings. The van der Waals surface area contributed by atoms with Crippen molar-refractivity contribution in [3.8, 4) is 0 Å². The molecule has 2 aromatic carbocycles. The highest BCUT2D eigenvalue weighted by Crippen LogP contribution is 2.34. The van der Waals surface area contributed by atoms with Crippen molar-refractivity contribution in [2.24, 2.45) is 5.41 Å². The zero-order valence-electron chi connectivity index (χ0n) is 18.1. The lowest BCUT2D eigenvalue weighted by atomic mass is 9.83. The Hall–Kier alpha value is -1.08. The fourth-order valence-corrected chi connectivity index (χ4v) is 7.51. The fraction of sp³-hybridized carbons (Fsp3) is 0.417. The van der Waals surface area contributed by atoms with E-state index in [-0.39, 0.29) is 5.41 Å². The van der Waals surface area contributed by atoms with Crippen LogP contribution in [0.1, 0.15) is 44.2 Å². The van der Waals surface area contributed by atoms with E-state index in [1.54, 1.807) is 24.3 Å². The summed E-state index contributed by atoms with van der Waals surface area (Å²) in [6, 6.07) is 14.7. The molecule has 1 N–H and O–H groups in total. The molecule has 3 nitrogen and oxygen atoms in total. The number of hydrogen-bond donors (Lipinski definition) is 1. The Kier molecular flexibility index (Phi) is 9.22. The molecule has 0 heterocycles. The van der Waals surface area contributed by atoms with Gasteiger partial charge in [0.25, 0.3) is 0 Å². The maximum Gasteiger partial charge on any atom is 0.145 e. The SMILES string of the molecule is C=C(Br)CC(C)(C)CC[C@@H](O)C([S@@](=O)c1ccc(C)cc1)[S@@](=O)c1ccc(C)cc1. The summed E-state index contributed by atoms with van der Waals surface area (Å²) in [5, 5.41) is 11.1. The van der Waals surface area contributed by atoms with Gasteiger partial charge in [0.05, 0.1) is 27.7 Å². The number of benzene rings is 2. The summed E-state index contributed by atoms with van der Waals surface area (Å²) in [5.41, 5.74) is 2.04. The lowest BCUT2D eigenvalue weighted by Crippen LogP contribution is -2.35. The Morgan fingerprint density at radius 1 is 0.967 bits per heavy atom. The van der Waals surface area contributed by atoms with Crippen molar-refractivity contribution in [2.45, 2.75) is 67.4 Å². The molecular weight excluding hydrogens is 480 g/mol. The van der Waals surface area contributed by atoms with Gasteiger partial charge in [-0.15, -0.1) is 0 Å². The second-order valence-corrected chi connectivity index (χ2v) is 13.1.